The van der Waals surface area contributed by atoms with E-state index in [1.165, 1.54) is 25.6 Å². The van der Waals surface area contributed by atoms with Crippen molar-refractivity contribution in [1.29, 1.82) is 0 Å². The summed E-state index contributed by atoms with van der Waals surface area (Å²) < 4.78 is 7.21. The number of nitrogens with one attached hydrogen (secondary N) is 1. The zero-order chi connectivity index (χ0) is 15.0. The minimum Gasteiger partial charge on any atom is -0.468 e. The van der Waals surface area contributed by atoms with Crippen molar-refractivity contribution in [1.82, 2.24) is 15.1 Å². The maximum absolute atomic E-state index is 12.4. The van der Waals surface area contributed by atoms with E-state index in [2.05, 4.69) is 28.1 Å². The molecule has 2 unspecified atom stereocenters. The lowest BCUT2D eigenvalue weighted by Crippen LogP contribution is -2.56. The Morgan fingerprint density at radius 1 is 1.43 bits per heavy atom. The third-order valence-corrected chi connectivity index (χ3v) is 4.75. The summed E-state index contributed by atoms with van der Waals surface area (Å²) in [6.07, 6.45) is 6.08. The molecule has 2 saturated carbocycles. The minimum absolute atomic E-state index is 0.111. The van der Waals surface area contributed by atoms with Crippen molar-refractivity contribution in [3.8, 4) is 0 Å². The van der Waals surface area contributed by atoms with E-state index >= 15 is 0 Å². The smallest absolute Gasteiger partial charge is 0.326 e. The number of nitrogens with zero attached hydrogens (tertiary/aromatic N) is 2. The van der Waals surface area contributed by atoms with Crippen LogP contribution in [0, 0.1) is 13.8 Å². The predicted octanol–water partition coefficient (Wildman–Crippen LogP) is 2.28. The van der Waals surface area contributed by atoms with Gasteiger partial charge in [0.1, 0.15) is 5.54 Å². The molecule has 2 atom stereocenters. The van der Waals surface area contributed by atoms with E-state index in [9.17, 15) is 4.79 Å². The van der Waals surface area contributed by atoms with Crippen molar-refractivity contribution in [3.05, 3.63) is 17.5 Å². The molecule has 0 spiro atoms. The molecule has 1 N–H and O–H groups in total. The second-order valence-electron chi connectivity index (χ2n) is 6.61. The minimum atomic E-state index is -0.523. The average Bonchev–Trinajstić information content (AvgIpc) is 3.21. The van der Waals surface area contributed by atoms with E-state index in [4.69, 9.17) is 4.74 Å². The van der Waals surface area contributed by atoms with Crippen molar-refractivity contribution >= 4 is 5.97 Å². The summed E-state index contributed by atoms with van der Waals surface area (Å²) in [5, 5.41) is 8.18. The van der Waals surface area contributed by atoms with Gasteiger partial charge in [-0.05, 0) is 58.4 Å². The lowest BCUT2D eigenvalue weighted by atomic mass is 9.78. The summed E-state index contributed by atoms with van der Waals surface area (Å²) in [7, 11) is 1.49. The third-order valence-electron chi connectivity index (χ3n) is 4.75. The van der Waals surface area contributed by atoms with Crippen molar-refractivity contribution in [3.63, 3.8) is 0 Å². The normalized spacial score (nSPS) is 29.4. The van der Waals surface area contributed by atoms with Crippen LogP contribution in [0.1, 0.15) is 56.0 Å². The first-order chi connectivity index (χ1) is 10.0. The van der Waals surface area contributed by atoms with Gasteiger partial charge in [0.2, 0.25) is 0 Å². The number of rotatable bonds is 4. The number of ether oxygens (including phenoxy) is 1. The topological polar surface area (TPSA) is 56.1 Å². The van der Waals surface area contributed by atoms with Crippen molar-refractivity contribution < 1.29 is 9.53 Å². The van der Waals surface area contributed by atoms with Crippen molar-refractivity contribution in [2.45, 2.75) is 70.0 Å². The van der Waals surface area contributed by atoms with Crippen LogP contribution >= 0.6 is 0 Å². The van der Waals surface area contributed by atoms with Crippen LogP contribution in [-0.2, 0) is 9.53 Å². The monoisotopic (exact) mass is 291 g/mol. The van der Waals surface area contributed by atoms with Crippen molar-refractivity contribution in [2.75, 3.05) is 7.11 Å². The summed E-state index contributed by atoms with van der Waals surface area (Å²) in [6.45, 7) is 4.10. The molecule has 1 aromatic rings. The van der Waals surface area contributed by atoms with Crippen LogP contribution in [0.25, 0.3) is 0 Å². The molecule has 5 heteroatoms. The van der Waals surface area contributed by atoms with Gasteiger partial charge in [0.15, 0.2) is 0 Å². The molecule has 1 aromatic heterocycles. The van der Waals surface area contributed by atoms with Gasteiger partial charge >= 0.3 is 5.97 Å². The number of carbonyl (C=O) groups excluding carboxylic acids is 1. The Morgan fingerprint density at radius 3 is 2.76 bits per heavy atom. The molecule has 2 fully saturated rings. The number of methoxy groups -OCH3 is 1. The molecule has 0 aliphatic heterocycles. The first-order valence-electron chi connectivity index (χ1n) is 7.93. The fraction of sp³-hybridized carbons (Fsp3) is 0.750. The molecule has 3 rings (SSSR count). The van der Waals surface area contributed by atoms with Crippen LogP contribution in [0.5, 0.6) is 0 Å². The molecule has 0 saturated heterocycles. The molecule has 2 aliphatic carbocycles. The molecule has 2 aliphatic rings. The third kappa shape index (κ3) is 2.84. The highest BCUT2D eigenvalue weighted by Crippen LogP contribution is 2.39. The molecular formula is C16H25N3O2. The number of esters is 1. The van der Waals surface area contributed by atoms with Gasteiger partial charge in [-0.2, -0.15) is 5.10 Å². The number of carbonyl (C=O) groups is 1. The molecule has 0 aromatic carbocycles. The van der Waals surface area contributed by atoms with Gasteiger partial charge in [0.25, 0.3) is 0 Å². The van der Waals surface area contributed by atoms with Gasteiger partial charge in [-0.15, -0.1) is 0 Å². The van der Waals surface area contributed by atoms with Gasteiger partial charge in [-0.25, -0.2) is 0 Å². The summed E-state index contributed by atoms with van der Waals surface area (Å²) >= 11 is 0. The Balaban J connectivity index is 1.84. The molecule has 116 valence electrons. The Labute approximate surface area is 126 Å². The first-order valence-corrected chi connectivity index (χ1v) is 7.93. The molecule has 21 heavy (non-hydrogen) atoms. The van der Waals surface area contributed by atoms with E-state index < -0.39 is 5.54 Å². The highest BCUT2D eigenvalue weighted by atomic mass is 16.5. The van der Waals surface area contributed by atoms with Crippen LogP contribution < -0.4 is 5.32 Å². The standard InChI is InChI=1S/C16H25N3O2/c1-11-9-12(2)19(18-11)14-5-4-8-16(10-14,15(20)21-3)17-13-6-7-13/h9,13-14,17H,4-8,10H2,1-3H3. The van der Waals surface area contributed by atoms with Gasteiger partial charge in [-0.1, -0.05) is 0 Å². The largest absolute Gasteiger partial charge is 0.468 e. The van der Waals surface area contributed by atoms with Gasteiger partial charge in [0.05, 0.1) is 18.8 Å². The van der Waals surface area contributed by atoms with Gasteiger partial charge in [0, 0.05) is 11.7 Å². The Morgan fingerprint density at radius 2 is 2.19 bits per heavy atom. The van der Waals surface area contributed by atoms with Gasteiger partial charge < -0.3 is 4.74 Å². The molecule has 0 amide bonds. The molecular weight excluding hydrogens is 266 g/mol. The van der Waals surface area contributed by atoms with Crippen molar-refractivity contribution in [2.24, 2.45) is 0 Å². The Kier molecular flexibility index (Phi) is 3.78. The zero-order valence-corrected chi connectivity index (χ0v) is 13.2. The van der Waals surface area contributed by atoms with Gasteiger partial charge in [-0.3, -0.25) is 14.8 Å². The molecule has 5 nitrogen and oxygen atoms in total. The van der Waals surface area contributed by atoms with Crippen LogP contribution in [0.15, 0.2) is 6.07 Å². The first kappa shape index (κ1) is 14.6. The molecule has 0 radical (unpaired) electrons. The van der Waals surface area contributed by atoms with Crippen LogP contribution in [-0.4, -0.2) is 34.4 Å². The van der Waals surface area contributed by atoms with Crippen LogP contribution in [0.3, 0.4) is 0 Å². The lowest BCUT2D eigenvalue weighted by molar-refractivity contribution is -0.151. The quantitative estimate of drug-likeness (QED) is 0.865. The summed E-state index contributed by atoms with van der Waals surface area (Å²) in [4.78, 5) is 12.4. The van der Waals surface area contributed by atoms with E-state index in [0.29, 0.717) is 6.04 Å². The molecule has 0 bridgehead atoms. The zero-order valence-electron chi connectivity index (χ0n) is 13.2. The molecule has 1 heterocycles. The Hall–Kier alpha value is -1.36. The number of hydrogen-bond acceptors (Lipinski definition) is 4. The second-order valence-corrected chi connectivity index (χ2v) is 6.61. The summed E-state index contributed by atoms with van der Waals surface area (Å²) in [5.74, 6) is -0.111. The lowest BCUT2D eigenvalue weighted by Gasteiger charge is -2.39. The highest BCUT2D eigenvalue weighted by Gasteiger charge is 2.47. The summed E-state index contributed by atoms with van der Waals surface area (Å²) in [5.41, 5.74) is 1.69. The van der Waals surface area contributed by atoms with Crippen LogP contribution in [0.2, 0.25) is 0 Å². The fourth-order valence-electron chi connectivity index (χ4n) is 3.66. The average molecular weight is 291 g/mol. The Bertz CT molecular complexity index is 536. The SMILES string of the molecule is COC(=O)C1(NC2CC2)CCCC(n2nc(C)cc2C)C1. The van der Waals surface area contributed by atoms with Crippen LogP contribution in [0.4, 0.5) is 0 Å². The maximum atomic E-state index is 12.4. The van der Waals surface area contributed by atoms with E-state index in [-0.39, 0.29) is 12.0 Å². The maximum Gasteiger partial charge on any atom is 0.326 e. The predicted molar refractivity (Wildman–Crippen MR) is 80.1 cm³/mol. The van der Waals surface area contributed by atoms with E-state index in [0.717, 1.165) is 31.4 Å². The second kappa shape index (κ2) is 5.44. The highest BCUT2D eigenvalue weighted by molar-refractivity contribution is 5.81. The number of hydrogen-bond donors (Lipinski definition) is 1. The number of aromatic nitrogens is 2. The fourth-order valence-corrected chi connectivity index (χ4v) is 3.66. The number of aryl methyl sites for hydroxylation is 2. The summed E-state index contributed by atoms with van der Waals surface area (Å²) in [6, 6.07) is 2.86. The van der Waals surface area contributed by atoms with E-state index in [1.54, 1.807) is 0 Å². The van der Waals surface area contributed by atoms with E-state index in [1.807, 2.05) is 6.92 Å².